The van der Waals surface area contributed by atoms with Crippen LogP contribution in [0, 0.1) is 0 Å². The molecule has 6 nitrogen and oxygen atoms in total. The lowest BCUT2D eigenvalue weighted by Crippen LogP contribution is -2.36. The maximum absolute atomic E-state index is 12.8. The van der Waals surface area contributed by atoms with Gasteiger partial charge in [-0.2, -0.15) is 4.31 Å². The van der Waals surface area contributed by atoms with Gasteiger partial charge >= 0.3 is 5.76 Å². The highest BCUT2D eigenvalue weighted by atomic mass is 32.2. The molecule has 7 heteroatoms. The highest BCUT2D eigenvalue weighted by Crippen LogP contribution is 2.37. The number of rotatable bonds is 2. The van der Waals surface area contributed by atoms with E-state index in [-0.39, 0.29) is 4.90 Å². The van der Waals surface area contributed by atoms with Gasteiger partial charge in [0.2, 0.25) is 10.0 Å². The first-order valence-electron chi connectivity index (χ1n) is 7.76. The average molecular weight is 334 g/mol. The van der Waals surface area contributed by atoms with Gasteiger partial charge in [0.25, 0.3) is 0 Å². The summed E-state index contributed by atoms with van der Waals surface area (Å²) in [6.45, 7) is 1.06. The van der Waals surface area contributed by atoms with Crippen LogP contribution in [0.15, 0.2) is 43.5 Å². The van der Waals surface area contributed by atoms with E-state index in [1.165, 1.54) is 40.7 Å². The zero-order valence-electron chi connectivity index (χ0n) is 12.9. The van der Waals surface area contributed by atoms with E-state index < -0.39 is 15.8 Å². The van der Waals surface area contributed by atoms with Crippen molar-refractivity contribution in [2.24, 2.45) is 7.05 Å². The second-order valence-corrected chi connectivity index (χ2v) is 8.11. The molecule has 23 heavy (non-hydrogen) atoms. The number of nitrogens with zero attached hydrogens (tertiary/aromatic N) is 2. The molecule has 2 fully saturated rings. The molecule has 1 aliphatic heterocycles. The Kier molecular flexibility index (Phi) is 3.24. The third-order valence-corrected chi connectivity index (χ3v) is 6.62. The standard InChI is InChI=1S/C16H18N2O4S/c1-17-14-10-13(4-5-15(14)22-16(17)19)23(20,21)18-8-6-12(7-9-18)11-2-3-11/h4-5,10H,2-3,6-9H2,1H3. The highest BCUT2D eigenvalue weighted by molar-refractivity contribution is 7.89. The molecule has 0 atom stereocenters. The Morgan fingerprint density at radius 3 is 2.35 bits per heavy atom. The summed E-state index contributed by atoms with van der Waals surface area (Å²) < 4.78 is 33.6. The van der Waals surface area contributed by atoms with Crippen LogP contribution < -0.4 is 5.76 Å². The second-order valence-electron chi connectivity index (χ2n) is 6.17. The Labute approximate surface area is 134 Å². The average Bonchev–Trinajstić information content (AvgIpc) is 3.35. The molecule has 1 aliphatic carbocycles. The Bertz CT molecular complexity index is 965. The highest BCUT2D eigenvalue weighted by Gasteiger charge is 2.30. The first-order valence-corrected chi connectivity index (χ1v) is 9.20. The van der Waals surface area contributed by atoms with Crippen LogP contribution in [0.25, 0.3) is 11.1 Å². The zero-order chi connectivity index (χ0) is 16.2. The van der Waals surface area contributed by atoms with E-state index in [0.29, 0.717) is 24.2 Å². The van der Waals surface area contributed by atoms with Gasteiger partial charge in [-0.1, -0.05) is 11.1 Å². The van der Waals surface area contributed by atoms with E-state index in [0.717, 1.165) is 12.8 Å². The topological polar surface area (TPSA) is 72.5 Å². The largest absolute Gasteiger partial charge is 0.419 e. The van der Waals surface area contributed by atoms with Gasteiger partial charge in [-0.05, 0) is 43.9 Å². The van der Waals surface area contributed by atoms with Crippen LogP contribution in [0.4, 0.5) is 0 Å². The third-order valence-electron chi connectivity index (χ3n) is 4.73. The maximum Gasteiger partial charge on any atom is 0.419 e. The summed E-state index contributed by atoms with van der Waals surface area (Å²) in [6, 6.07) is 4.57. The van der Waals surface area contributed by atoms with Gasteiger partial charge < -0.3 is 4.42 Å². The van der Waals surface area contributed by atoms with Crippen LogP contribution in [-0.4, -0.2) is 30.4 Å². The predicted octanol–water partition coefficient (Wildman–Crippen LogP) is 2.01. The summed E-state index contributed by atoms with van der Waals surface area (Å²) in [4.78, 5) is 11.8. The SMILES string of the molecule is Cn1c(=O)oc2ccc(S(=O)(=O)N3CCC(=C4CC4)CC3)cc21. The number of benzene rings is 1. The number of oxazole rings is 1. The molecule has 2 aromatic rings. The van der Waals surface area contributed by atoms with Crippen LogP contribution in [0.5, 0.6) is 0 Å². The number of piperidine rings is 1. The van der Waals surface area contributed by atoms with E-state index in [4.69, 9.17) is 4.42 Å². The lowest BCUT2D eigenvalue weighted by atomic mass is 10.1. The molecule has 0 N–H and O–H groups in total. The van der Waals surface area contributed by atoms with Crippen LogP contribution in [0.3, 0.4) is 0 Å². The van der Waals surface area contributed by atoms with E-state index in [2.05, 4.69) is 0 Å². The van der Waals surface area contributed by atoms with Crippen molar-refractivity contribution < 1.29 is 12.8 Å². The van der Waals surface area contributed by atoms with Crippen molar-refractivity contribution in [3.8, 4) is 0 Å². The maximum atomic E-state index is 12.8. The fourth-order valence-corrected chi connectivity index (χ4v) is 4.64. The summed E-state index contributed by atoms with van der Waals surface area (Å²) in [5, 5.41) is 0. The molecule has 1 aromatic carbocycles. The molecule has 1 aromatic heterocycles. The number of allylic oxidation sites excluding steroid dienone is 1. The number of aryl methyl sites for hydroxylation is 1. The van der Waals surface area contributed by atoms with Crippen LogP contribution in [0.1, 0.15) is 25.7 Å². The normalized spacial score (nSPS) is 19.5. The van der Waals surface area contributed by atoms with Gasteiger partial charge in [0.15, 0.2) is 5.58 Å². The Balaban J connectivity index is 1.67. The van der Waals surface area contributed by atoms with Crippen molar-refractivity contribution in [1.29, 1.82) is 0 Å². The predicted molar refractivity (Wildman–Crippen MR) is 85.7 cm³/mol. The minimum Gasteiger partial charge on any atom is -0.408 e. The van der Waals surface area contributed by atoms with E-state index >= 15 is 0 Å². The lowest BCUT2D eigenvalue weighted by molar-refractivity contribution is 0.386. The summed E-state index contributed by atoms with van der Waals surface area (Å²) in [5.41, 5.74) is 3.87. The quantitative estimate of drug-likeness (QED) is 0.788. The molecular weight excluding hydrogens is 316 g/mol. The van der Waals surface area contributed by atoms with Gasteiger partial charge in [-0.25, -0.2) is 13.2 Å². The molecule has 1 saturated carbocycles. The Morgan fingerprint density at radius 1 is 1.04 bits per heavy atom. The molecule has 0 unspecified atom stereocenters. The van der Waals surface area contributed by atoms with Crippen molar-refractivity contribution in [2.45, 2.75) is 30.6 Å². The van der Waals surface area contributed by atoms with Crippen LogP contribution in [0.2, 0.25) is 0 Å². The number of fused-ring (bicyclic) bond motifs is 1. The van der Waals surface area contributed by atoms with E-state index in [1.54, 1.807) is 17.4 Å². The van der Waals surface area contributed by atoms with Gasteiger partial charge in [0, 0.05) is 20.1 Å². The fraction of sp³-hybridized carbons (Fsp3) is 0.438. The summed E-state index contributed by atoms with van der Waals surface area (Å²) in [6.07, 6.45) is 4.04. The number of hydrogen-bond acceptors (Lipinski definition) is 4. The van der Waals surface area contributed by atoms with Gasteiger partial charge in [-0.15, -0.1) is 0 Å². The van der Waals surface area contributed by atoms with E-state index in [1.807, 2.05) is 0 Å². The van der Waals surface area contributed by atoms with Crippen molar-refractivity contribution in [3.63, 3.8) is 0 Å². The van der Waals surface area contributed by atoms with Crippen LogP contribution >= 0.6 is 0 Å². The van der Waals surface area contributed by atoms with Gasteiger partial charge in [-0.3, -0.25) is 4.57 Å². The second kappa shape index (κ2) is 5.07. The molecule has 1 saturated heterocycles. The first kappa shape index (κ1) is 14.7. The summed E-state index contributed by atoms with van der Waals surface area (Å²) >= 11 is 0. The van der Waals surface area contributed by atoms with Crippen LogP contribution in [-0.2, 0) is 17.1 Å². The summed E-state index contributed by atoms with van der Waals surface area (Å²) in [5.74, 6) is -0.492. The van der Waals surface area contributed by atoms with Crippen molar-refractivity contribution in [1.82, 2.24) is 8.87 Å². The van der Waals surface area contributed by atoms with Crippen molar-refractivity contribution in [2.75, 3.05) is 13.1 Å². The molecule has 4 rings (SSSR count). The molecule has 0 bridgehead atoms. The third kappa shape index (κ3) is 2.44. The molecule has 0 amide bonds. The zero-order valence-corrected chi connectivity index (χ0v) is 13.7. The number of hydrogen-bond donors (Lipinski definition) is 0. The van der Waals surface area contributed by atoms with Crippen molar-refractivity contribution in [3.05, 3.63) is 39.9 Å². The minimum atomic E-state index is -3.54. The number of sulfonamides is 1. The fourth-order valence-electron chi connectivity index (χ4n) is 3.18. The molecule has 122 valence electrons. The molecule has 2 aliphatic rings. The Hall–Kier alpha value is -1.86. The molecular formula is C16H18N2O4S. The van der Waals surface area contributed by atoms with Gasteiger partial charge in [0.05, 0.1) is 10.4 Å². The van der Waals surface area contributed by atoms with Gasteiger partial charge in [0.1, 0.15) is 0 Å². The molecule has 0 spiro atoms. The Morgan fingerprint density at radius 2 is 1.70 bits per heavy atom. The molecule has 0 radical (unpaired) electrons. The summed E-state index contributed by atoms with van der Waals surface area (Å²) in [7, 11) is -1.97. The minimum absolute atomic E-state index is 0.212. The van der Waals surface area contributed by atoms with Crippen molar-refractivity contribution >= 4 is 21.1 Å². The van der Waals surface area contributed by atoms with E-state index in [9.17, 15) is 13.2 Å². The monoisotopic (exact) mass is 334 g/mol. The first-order chi connectivity index (χ1) is 11.0. The smallest absolute Gasteiger partial charge is 0.408 e. The number of aromatic nitrogens is 1. The molecule has 2 heterocycles. The lowest BCUT2D eigenvalue weighted by Gasteiger charge is -2.27.